The second-order valence-corrected chi connectivity index (χ2v) is 8.40. The number of phenols is 1. The van der Waals surface area contributed by atoms with Crippen LogP contribution in [0.5, 0.6) is 5.75 Å². The molecule has 0 unspecified atom stereocenters. The SMILES string of the molecule is C=Nc1ccccn1.Cc1cc(S(=O)(=O)N(CC(=O)O)CC(=O)O)c2ccccc2c1O. The van der Waals surface area contributed by atoms with Crippen molar-refractivity contribution in [2.45, 2.75) is 11.8 Å². The van der Waals surface area contributed by atoms with Crippen LogP contribution in [0.25, 0.3) is 10.8 Å². The van der Waals surface area contributed by atoms with Gasteiger partial charge in [0.05, 0.1) is 4.90 Å². The van der Waals surface area contributed by atoms with E-state index >= 15 is 0 Å². The van der Waals surface area contributed by atoms with Crippen molar-refractivity contribution in [3.8, 4) is 5.75 Å². The standard InChI is InChI=1S/C15H15NO7S.C6H6N2/c1-9-6-12(10-4-2-3-5-11(10)15(9)21)24(22,23)16(7-13(17)18)8-14(19)20;1-7-6-4-2-3-5-8-6/h2-6,21H,7-8H2,1H3,(H,17,18)(H,19,20);2-5H,1H2. The minimum absolute atomic E-state index is 0.0902. The number of aromatic nitrogens is 1. The maximum atomic E-state index is 12.8. The van der Waals surface area contributed by atoms with Crippen LogP contribution in [0.4, 0.5) is 5.82 Å². The van der Waals surface area contributed by atoms with Crippen molar-refractivity contribution >= 4 is 45.3 Å². The van der Waals surface area contributed by atoms with Crippen LogP contribution >= 0.6 is 0 Å². The van der Waals surface area contributed by atoms with Gasteiger partial charge in [-0.3, -0.25) is 9.59 Å². The van der Waals surface area contributed by atoms with Crippen LogP contribution in [0.3, 0.4) is 0 Å². The van der Waals surface area contributed by atoms with E-state index in [1.165, 1.54) is 25.1 Å². The largest absolute Gasteiger partial charge is 0.507 e. The van der Waals surface area contributed by atoms with E-state index < -0.39 is 35.1 Å². The second-order valence-electron chi connectivity index (χ2n) is 6.49. The predicted molar refractivity (Wildman–Crippen MR) is 118 cm³/mol. The van der Waals surface area contributed by atoms with E-state index in [1.54, 1.807) is 24.4 Å². The summed E-state index contributed by atoms with van der Waals surface area (Å²) in [6.45, 7) is 2.85. The molecule has 0 aliphatic rings. The summed E-state index contributed by atoms with van der Waals surface area (Å²) in [6, 6.07) is 12.9. The molecule has 168 valence electrons. The van der Waals surface area contributed by atoms with Gasteiger partial charge < -0.3 is 15.3 Å². The lowest BCUT2D eigenvalue weighted by Crippen LogP contribution is -2.39. The number of nitrogens with zero attached hydrogens (tertiary/aromatic N) is 3. The molecule has 1 aromatic heterocycles. The monoisotopic (exact) mass is 459 g/mol. The van der Waals surface area contributed by atoms with Crippen molar-refractivity contribution in [1.29, 1.82) is 0 Å². The molecule has 32 heavy (non-hydrogen) atoms. The lowest BCUT2D eigenvalue weighted by atomic mass is 10.1. The number of sulfonamides is 1. The summed E-state index contributed by atoms with van der Waals surface area (Å²) in [5, 5.41) is 28.3. The van der Waals surface area contributed by atoms with Gasteiger partial charge in [-0.05, 0) is 37.4 Å². The number of carboxylic acid groups (broad SMARTS) is 2. The van der Waals surface area contributed by atoms with Crippen LogP contribution < -0.4 is 0 Å². The average Bonchev–Trinajstić information content (AvgIpc) is 2.76. The molecule has 0 aliphatic carbocycles. The smallest absolute Gasteiger partial charge is 0.318 e. The number of pyridine rings is 1. The van der Waals surface area contributed by atoms with Gasteiger partial charge in [-0.25, -0.2) is 18.4 Å². The Labute approximate surface area is 184 Å². The lowest BCUT2D eigenvalue weighted by molar-refractivity contribution is -0.139. The number of hydrogen-bond acceptors (Lipinski definition) is 7. The van der Waals surface area contributed by atoms with Crippen LogP contribution in [0, 0.1) is 6.92 Å². The van der Waals surface area contributed by atoms with E-state index in [9.17, 15) is 23.1 Å². The highest BCUT2D eigenvalue weighted by Gasteiger charge is 2.30. The molecule has 1 heterocycles. The summed E-state index contributed by atoms with van der Waals surface area (Å²) in [6.07, 6.45) is 1.68. The van der Waals surface area contributed by atoms with Crippen LogP contribution in [0.1, 0.15) is 5.56 Å². The molecular weight excluding hydrogens is 438 g/mol. The van der Waals surface area contributed by atoms with Crippen molar-refractivity contribution in [3.05, 3.63) is 60.3 Å². The molecule has 0 atom stereocenters. The minimum atomic E-state index is -4.40. The highest BCUT2D eigenvalue weighted by Crippen LogP contribution is 2.34. The fourth-order valence-corrected chi connectivity index (χ4v) is 4.41. The van der Waals surface area contributed by atoms with E-state index in [-0.39, 0.29) is 27.0 Å². The zero-order valence-electron chi connectivity index (χ0n) is 17.0. The average molecular weight is 459 g/mol. The molecule has 3 N–H and O–H groups in total. The van der Waals surface area contributed by atoms with Gasteiger partial charge in [-0.15, -0.1) is 0 Å². The van der Waals surface area contributed by atoms with E-state index in [4.69, 9.17) is 10.2 Å². The van der Waals surface area contributed by atoms with Crippen LogP contribution in [-0.4, -0.2) is 64.8 Å². The number of fused-ring (bicyclic) bond motifs is 1. The number of aliphatic imine (C=N–C) groups is 1. The molecule has 0 aliphatic heterocycles. The predicted octanol–water partition coefficient (Wildman–Crippen LogP) is 2.43. The maximum Gasteiger partial charge on any atom is 0.318 e. The molecule has 0 radical (unpaired) electrons. The summed E-state index contributed by atoms with van der Waals surface area (Å²) in [5.41, 5.74) is 0.276. The van der Waals surface area contributed by atoms with E-state index in [0.717, 1.165) is 0 Å². The molecule has 0 amide bonds. The highest BCUT2D eigenvalue weighted by molar-refractivity contribution is 7.89. The molecule has 0 bridgehead atoms. The first-order valence-corrected chi connectivity index (χ1v) is 10.5. The summed E-state index contributed by atoms with van der Waals surface area (Å²) in [5.74, 6) is -2.36. The molecular formula is C21H21N3O7S. The molecule has 0 saturated heterocycles. The van der Waals surface area contributed by atoms with Crippen LogP contribution in [-0.2, 0) is 19.6 Å². The fourth-order valence-electron chi connectivity index (χ4n) is 2.79. The fraction of sp³-hybridized carbons (Fsp3) is 0.143. The minimum Gasteiger partial charge on any atom is -0.507 e. The number of hydrogen-bond donors (Lipinski definition) is 3. The number of carbonyl (C=O) groups is 2. The van der Waals surface area contributed by atoms with Gasteiger partial charge in [-0.1, -0.05) is 30.3 Å². The Bertz CT molecular complexity index is 1230. The van der Waals surface area contributed by atoms with Gasteiger partial charge >= 0.3 is 11.9 Å². The first-order chi connectivity index (χ1) is 15.1. The second kappa shape index (κ2) is 10.5. The number of aliphatic carboxylic acids is 2. The van der Waals surface area contributed by atoms with Gasteiger partial charge in [0.2, 0.25) is 10.0 Å². The van der Waals surface area contributed by atoms with E-state index in [1.807, 2.05) is 12.1 Å². The quantitative estimate of drug-likeness (QED) is 0.455. The van der Waals surface area contributed by atoms with Crippen molar-refractivity contribution in [2.24, 2.45) is 4.99 Å². The third-order valence-corrected chi connectivity index (χ3v) is 6.05. The van der Waals surface area contributed by atoms with Gasteiger partial charge in [0.15, 0.2) is 5.82 Å². The Kier molecular flexibility index (Phi) is 7.99. The van der Waals surface area contributed by atoms with Crippen LogP contribution in [0.15, 0.2) is 64.6 Å². The molecule has 0 saturated carbocycles. The van der Waals surface area contributed by atoms with Crippen molar-refractivity contribution in [1.82, 2.24) is 9.29 Å². The van der Waals surface area contributed by atoms with Crippen molar-refractivity contribution in [3.63, 3.8) is 0 Å². The summed E-state index contributed by atoms with van der Waals surface area (Å²) < 4.78 is 26.0. The molecule has 3 aromatic rings. The number of aromatic hydroxyl groups is 1. The third kappa shape index (κ3) is 5.86. The van der Waals surface area contributed by atoms with E-state index in [0.29, 0.717) is 10.1 Å². The third-order valence-electron chi connectivity index (χ3n) is 4.22. The number of phenolic OH excluding ortho intramolecular Hbond substituents is 1. The maximum absolute atomic E-state index is 12.8. The number of rotatable bonds is 7. The molecule has 0 spiro atoms. The zero-order valence-corrected chi connectivity index (χ0v) is 17.9. The highest BCUT2D eigenvalue weighted by atomic mass is 32.2. The van der Waals surface area contributed by atoms with Gasteiger partial charge in [0, 0.05) is 17.0 Å². The molecule has 10 nitrogen and oxygen atoms in total. The summed E-state index contributed by atoms with van der Waals surface area (Å²) in [4.78, 5) is 29.1. The van der Waals surface area contributed by atoms with Crippen LogP contribution in [0.2, 0.25) is 0 Å². The number of aryl methyl sites for hydroxylation is 1. The molecule has 11 heteroatoms. The Morgan fingerprint density at radius 1 is 1.03 bits per heavy atom. The Balaban J connectivity index is 0.000000380. The Hall–Kier alpha value is -3.83. The van der Waals surface area contributed by atoms with Gasteiger partial charge in [0.25, 0.3) is 0 Å². The normalized spacial score (nSPS) is 10.9. The molecule has 0 fully saturated rings. The number of carboxylic acids is 2. The Morgan fingerprint density at radius 2 is 1.59 bits per heavy atom. The molecule has 2 aromatic carbocycles. The Morgan fingerprint density at radius 3 is 2.06 bits per heavy atom. The zero-order chi connectivity index (χ0) is 23.9. The lowest BCUT2D eigenvalue weighted by Gasteiger charge is -2.20. The number of benzene rings is 2. The van der Waals surface area contributed by atoms with Crippen molar-refractivity contribution in [2.75, 3.05) is 13.1 Å². The van der Waals surface area contributed by atoms with Gasteiger partial charge in [0.1, 0.15) is 18.8 Å². The first kappa shape index (κ1) is 24.4. The summed E-state index contributed by atoms with van der Waals surface area (Å²) >= 11 is 0. The van der Waals surface area contributed by atoms with Gasteiger partial charge in [-0.2, -0.15) is 4.31 Å². The van der Waals surface area contributed by atoms with Crippen molar-refractivity contribution < 1.29 is 33.3 Å². The van der Waals surface area contributed by atoms with E-state index in [2.05, 4.69) is 16.7 Å². The topological polar surface area (TPSA) is 157 Å². The first-order valence-electron chi connectivity index (χ1n) is 9.10. The molecule has 3 rings (SSSR count). The summed E-state index contributed by atoms with van der Waals surface area (Å²) in [7, 11) is -4.40.